The molecular weight excluding hydrogens is 422 g/mol. The fourth-order valence-electron chi connectivity index (χ4n) is 3.63. The number of carbonyl (C=O) groups excluding carboxylic acids is 2. The average Bonchev–Trinajstić information content (AvgIpc) is 3.30. The van der Waals surface area contributed by atoms with E-state index in [0.29, 0.717) is 43.0 Å². The highest BCUT2D eigenvalue weighted by molar-refractivity contribution is 7.89. The number of nitrogens with one attached hydrogen (secondary N) is 1. The summed E-state index contributed by atoms with van der Waals surface area (Å²) in [6.07, 6.45) is 3.91. The molecule has 0 aromatic carbocycles. The third-order valence-electron chi connectivity index (χ3n) is 5.57. The number of carbonyl (C=O) groups is 2. The summed E-state index contributed by atoms with van der Waals surface area (Å²) in [5, 5.41) is 11.0. The Hall–Kier alpha value is -2.73. The zero-order valence-electron chi connectivity index (χ0n) is 18.5. The number of rotatable bonds is 6. The molecule has 1 atom stereocenters. The molecule has 0 unspecified atom stereocenters. The Labute approximate surface area is 182 Å². The zero-order valence-corrected chi connectivity index (χ0v) is 19.3. The van der Waals surface area contributed by atoms with Gasteiger partial charge in [-0.15, -0.1) is 0 Å². The first-order valence-corrected chi connectivity index (χ1v) is 11.6. The highest BCUT2D eigenvalue weighted by atomic mass is 32.2. The molecule has 0 saturated carbocycles. The van der Waals surface area contributed by atoms with Crippen LogP contribution in [-0.4, -0.2) is 76.2 Å². The predicted molar refractivity (Wildman–Crippen MR) is 114 cm³/mol. The van der Waals surface area contributed by atoms with Gasteiger partial charge in [0, 0.05) is 40.8 Å². The minimum atomic E-state index is -3.75. The highest BCUT2D eigenvalue weighted by Crippen LogP contribution is 2.27. The van der Waals surface area contributed by atoms with Crippen LogP contribution in [-0.2, 0) is 28.4 Å². The molecule has 2 amide bonds. The van der Waals surface area contributed by atoms with Crippen molar-refractivity contribution in [3.05, 3.63) is 23.8 Å². The van der Waals surface area contributed by atoms with E-state index in [9.17, 15) is 18.0 Å². The molecule has 12 heteroatoms. The van der Waals surface area contributed by atoms with Gasteiger partial charge < -0.3 is 10.2 Å². The average molecular weight is 452 g/mol. The molecule has 1 saturated heterocycles. The van der Waals surface area contributed by atoms with Gasteiger partial charge in [-0.25, -0.2) is 8.42 Å². The van der Waals surface area contributed by atoms with Crippen molar-refractivity contribution in [2.75, 3.05) is 32.5 Å². The molecule has 1 aliphatic rings. The van der Waals surface area contributed by atoms with E-state index in [2.05, 4.69) is 15.5 Å². The zero-order chi connectivity index (χ0) is 22.9. The molecule has 170 valence electrons. The minimum Gasteiger partial charge on any atom is -0.343 e. The van der Waals surface area contributed by atoms with Crippen LogP contribution in [0.4, 0.5) is 5.69 Å². The first-order valence-electron chi connectivity index (χ1n) is 10.1. The van der Waals surface area contributed by atoms with Crippen molar-refractivity contribution >= 4 is 27.5 Å². The molecule has 3 heterocycles. The fourth-order valence-corrected chi connectivity index (χ4v) is 5.34. The summed E-state index contributed by atoms with van der Waals surface area (Å²) >= 11 is 0. The van der Waals surface area contributed by atoms with Gasteiger partial charge >= 0.3 is 0 Å². The number of piperidine rings is 1. The highest BCUT2D eigenvalue weighted by Gasteiger charge is 2.35. The van der Waals surface area contributed by atoms with Crippen LogP contribution in [0.25, 0.3) is 0 Å². The van der Waals surface area contributed by atoms with Crippen molar-refractivity contribution in [3.63, 3.8) is 0 Å². The Morgan fingerprint density at radius 2 is 1.97 bits per heavy atom. The number of amides is 2. The Morgan fingerprint density at radius 1 is 1.26 bits per heavy atom. The third kappa shape index (κ3) is 4.35. The fraction of sp³-hybridized carbons (Fsp3) is 0.579. The van der Waals surface area contributed by atoms with Crippen LogP contribution in [0.1, 0.15) is 35.9 Å². The topological polar surface area (TPSA) is 122 Å². The van der Waals surface area contributed by atoms with Gasteiger partial charge in [0.05, 0.1) is 29.7 Å². The van der Waals surface area contributed by atoms with E-state index in [1.54, 1.807) is 28.1 Å². The monoisotopic (exact) mass is 451 g/mol. The van der Waals surface area contributed by atoms with Crippen molar-refractivity contribution in [1.82, 2.24) is 28.8 Å². The van der Waals surface area contributed by atoms with Crippen molar-refractivity contribution in [1.29, 1.82) is 0 Å². The number of aromatic nitrogens is 4. The number of nitrogens with zero attached hydrogens (tertiary/aromatic N) is 6. The van der Waals surface area contributed by atoms with Crippen LogP contribution in [0.2, 0.25) is 0 Å². The number of sulfonamides is 1. The lowest BCUT2D eigenvalue weighted by atomic mass is 9.98. The molecule has 0 spiro atoms. The van der Waals surface area contributed by atoms with E-state index >= 15 is 0 Å². The summed E-state index contributed by atoms with van der Waals surface area (Å²) in [4.78, 5) is 27.1. The lowest BCUT2D eigenvalue weighted by Gasteiger charge is -2.31. The minimum absolute atomic E-state index is 0.0708. The van der Waals surface area contributed by atoms with Crippen LogP contribution >= 0.6 is 0 Å². The summed E-state index contributed by atoms with van der Waals surface area (Å²) in [6.45, 7) is 4.45. The first kappa shape index (κ1) is 22.9. The molecule has 1 fully saturated rings. The summed E-state index contributed by atoms with van der Waals surface area (Å²) < 4.78 is 30.5. The molecule has 11 nitrogen and oxygen atoms in total. The maximum atomic E-state index is 13.1. The summed E-state index contributed by atoms with van der Waals surface area (Å²) in [5.74, 6) is -1.13. The number of hydrogen-bond donors (Lipinski definition) is 1. The maximum Gasteiger partial charge on any atom is 0.273 e. The molecule has 0 aliphatic carbocycles. The van der Waals surface area contributed by atoms with Crippen molar-refractivity contribution < 1.29 is 18.0 Å². The SMILES string of the molecule is CCn1ncc(NC(=O)[C@@H]2CCCN(S(=O)(=O)c3cnn(C)c3C)C2)c1C(=O)N(C)C. The van der Waals surface area contributed by atoms with Gasteiger partial charge in [0.1, 0.15) is 10.6 Å². The van der Waals surface area contributed by atoms with Crippen LogP contribution < -0.4 is 5.32 Å². The number of hydrogen-bond acceptors (Lipinski definition) is 6. The largest absolute Gasteiger partial charge is 0.343 e. The second-order valence-electron chi connectivity index (χ2n) is 7.83. The number of aryl methyl sites for hydroxylation is 2. The van der Waals surface area contributed by atoms with Gasteiger partial charge in [-0.2, -0.15) is 14.5 Å². The Kier molecular flexibility index (Phi) is 6.51. The van der Waals surface area contributed by atoms with Gasteiger partial charge in [0.2, 0.25) is 15.9 Å². The normalized spacial score (nSPS) is 17.5. The van der Waals surface area contributed by atoms with E-state index in [1.165, 1.54) is 31.0 Å². The van der Waals surface area contributed by atoms with Gasteiger partial charge in [-0.3, -0.25) is 19.0 Å². The molecule has 0 radical (unpaired) electrons. The molecule has 31 heavy (non-hydrogen) atoms. The van der Waals surface area contributed by atoms with Crippen LogP contribution in [0.3, 0.4) is 0 Å². The van der Waals surface area contributed by atoms with E-state index in [4.69, 9.17) is 0 Å². The molecule has 2 aromatic heterocycles. The van der Waals surface area contributed by atoms with E-state index < -0.39 is 15.9 Å². The van der Waals surface area contributed by atoms with Gasteiger partial charge in [-0.05, 0) is 26.7 Å². The van der Waals surface area contributed by atoms with E-state index in [0.717, 1.165) is 0 Å². The molecule has 3 rings (SSSR count). The van der Waals surface area contributed by atoms with Gasteiger partial charge in [0.15, 0.2) is 0 Å². The predicted octanol–water partition coefficient (Wildman–Crippen LogP) is 0.686. The van der Waals surface area contributed by atoms with Crippen molar-refractivity contribution in [2.45, 2.75) is 38.1 Å². The maximum absolute atomic E-state index is 13.1. The Bertz CT molecular complexity index is 1090. The second kappa shape index (κ2) is 8.79. The summed E-state index contributed by atoms with van der Waals surface area (Å²) in [6, 6.07) is 0. The molecular formula is C19H29N7O4S. The van der Waals surface area contributed by atoms with Crippen LogP contribution in [0.15, 0.2) is 17.3 Å². The summed E-state index contributed by atoms with van der Waals surface area (Å²) in [5.41, 5.74) is 1.17. The molecule has 1 N–H and O–H groups in total. The first-order chi connectivity index (χ1) is 14.6. The van der Waals surface area contributed by atoms with Crippen LogP contribution in [0.5, 0.6) is 0 Å². The Morgan fingerprint density at radius 3 is 2.55 bits per heavy atom. The molecule has 1 aliphatic heterocycles. The lowest BCUT2D eigenvalue weighted by molar-refractivity contribution is -0.120. The number of anilines is 1. The van der Waals surface area contributed by atoms with Crippen molar-refractivity contribution in [3.8, 4) is 0 Å². The van der Waals surface area contributed by atoms with Gasteiger partial charge in [0.25, 0.3) is 5.91 Å². The molecule has 0 bridgehead atoms. The lowest BCUT2D eigenvalue weighted by Crippen LogP contribution is -2.43. The summed E-state index contributed by atoms with van der Waals surface area (Å²) in [7, 11) is 1.19. The smallest absolute Gasteiger partial charge is 0.273 e. The quantitative estimate of drug-likeness (QED) is 0.689. The molecule has 2 aromatic rings. The second-order valence-corrected chi connectivity index (χ2v) is 9.74. The van der Waals surface area contributed by atoms with E-state index in [1.807, 2.05) is 6.92 Å². The standard InChI is InChI=1S/C19H29N7O4S/c1-6-26-17(19(28)23(3)4)15(10-21-26)22-18(27)14-8-7-9-25(12-14)31(29,30)16-11-20-24(5)13(16)2/h10-11,14H,6-9,12H2,1-5H3,(H,22,27)/t14-/m1/s1. The van der Waals surface area contributed by atoms with Crippen molar-refractivity contribution in [2.24, 2.45) is 13.0 Å². The van der Waals surface area contributed by atoms with Crippen LogP contribution in [0, 0.1) is 12.8 Å². The van der Waals surface area contributed by atoms with E-state index in [-0.39, 0.29) is 23.3 Å². The third-order valence-corrected chi connectivity index (χ3v) is 7.54. The van der Waals surface area contributed by atoms with Gasteiger partial charge in [-0.1, -0.05) is 0 Å². The Balaban J connectivity index is 1.79.